The first-order valence-electron chi connectivity index (χ1n) is 15.2. The normalized spacial score (nSPS) is 35.5. The van der Waals surface area contributed by atoms with Crippen molar-refractivity contribution in [1.82, 2.24) is 0 Å². The lowest BCUT2D eigenvalue weighted by atomic mass is 9.46. The first-order valence-corrected chi connectivity index (χ1v) is 16.2. The highest BCUT2D eigenvalue weighted by Gasteiger charge is 2.60. The summed E-state index contributed by atoms with van der Waals surface area (Å²) in [7, 11) is 0. The number of allylic oxidation sites excluding steroid dienone is 2. The number of fused-ring (bicyclic) bond motifs is 3. The van der Waals surface area contributed by atoms with E-state index in [1.54, 1.807) is 11.8 Å². The number of thioether (sulfide) groups is 1. The number of hydrogen-bond acceptors (Lipinski definition) is 7. The third kappa shape index (κ3) is 6.33. The van der Waals surface area contributed by atoms with Crippen LogP contribution in [0.4, 0.5) is 0 Å². The number of benzene rings is 1. The first kappa shape index (κ1) is 30.4. The van der Waals surface area contributed by atoms with E-state index in [1.165, 1.54) is 16.0 Å². The van der Waals surface area contributed by atoms with Crippen LogP contribution < -0.4 is 0 Å². The van der Waals surface area contributed by atoms with E-state index in [0.29, 0.717) is 37.4 Å². The Morgan fingerprint density at radius 3 is 2.66 bits per heavy atom. The van der Waals surface area contributed by atoms with Crippen LogP contribution >= 0.6 is 11.8 Å². The largest absolute Gasteiger partial charge is 0.458 e. The quantitative estimate of drug-likeness (QED) is 0.106. The molecule has 0 amide bonds. The summed E-state index contributed by atoms with van der Waals surface area (Å²) < 4.78 is 23.7. The van der Waals surface area contributed by atoms with Crippen LogP contribution in [-0.2, 0) is 28.5 Å². The monoisotopic (exact) mass is 582 g/mol. The van der Waals surface area contributed by atoms with Crippen LogP contribution in [0, 0.1) is 29.6 Å². The van der Waals surface area contributed by atoms with E-state index < -0.39 is 11.9 Å². The molecular formula is C34H46O6S. The fourth-order valence-electron chi connectivity index (χ4n) is 7.77. The molecular weight excluding hydrogens is 536 g/mol. The molecule has 0 radical (unpaired) electrons. The van der Waals surface area contributed by atoms with Crippen LogP contribution in [0.2, 0.25) is 0 Å². The number of carbonyl (C=O) groups excluding carboxylic acids is 2. The third-order valence-electron chi connectivity index (χ3n) is 10.1. The Morgan fingerprint density at radius 2 is 1.90 bits per heavy atom. The average molecular weight is 583 g/mol. The maximum Gasteiger partial charge on any atom is 0.337 e. The van der Waals surface area contributed by atoms with Crippen LogP contribution in [0.3, 0.4) is 0 Å². The van der Waals surface area contributed by atoms with Gasteiger partial charge in [-0.05, 0) is 94.4 Å². The van der Waals surface area contributed by atoms with Gasteiger partial charge in [0.25, 0.3) is 0 Å². The maximum atomic E-state index is 12.7. The van der Waals surface area contributed by atoms with Crippen molar-refractivity contribution in [3.8, 4) is 0 Å². The molecule has 2 saturated heterocycles. The molecule has 2 saturated carbocycles. The summed E-state index contributed by atoms with van der Waals surface area (Å²) >= 11 is 1.73. The van der Waals surface area contributed by atoms with Gasteiger partial charge in [-0.2, -0.15) is 0 Å². The minimum absolute atomic E-state index is 0.0235. The summed E-state index contributed by atoms with van der Waals surface area (Å²) in [5.41, 5.74) is 2.91. The van der Waals surface area contributed by atoms with Gasteiger partial charge in [-0.25, -0.2) is 4.79 Å². The highest BCUT2D eigenvalue weighted by Crippen LogP contribution is 2.63. The van der Waals surface area contributed by atoms with Crippen molar-refractivity contribution in [3.63, 3.8) is 0 Å². The lowest BCUT2D eigenvalue weighted by molar-refractivity contribution is -0.344. The zero-order chi connectivity index (χ0) is 29.4. The maximum absolute atomic E-state index is 12.7. The van der Waals surface area contributed by atoms with Crippen LogP contribution in [0.15, 0.2) is 53.0 Å². The van der Waals surface area contributed by atoms with E-state index in [9.17, 15) is 9.59 Å². The standard InChI is InChI=1S/C34H46O6S/c1-22-9-12-24(13-10-22)41-19-7-8-30(35)39-27-20-37-31(36)25(27)14-15-26-23(2)11-16-28-33(26,5)18-17-29-34(28,6)21-38-32(3,4)40-29/h9-10,12-14,26-29H,2,7-8,11,15-21H2,1,3-6H3/b25-14+/t26-,27-,28+,29-,33+,34+/m1/s1. The van der Waals surface area contributed by atoms with Crippen molar-refractivity contribution in [2.45, 2.75) is 102 Å². The van der Waals surface area contributed by atoms with E-state index in [4.69, 9.17) is 18.9 Å². The van der Waals surface area contributed by atoms with Crippen molar-refractivity contribution in [2.75, 3.05) is 19.0 Å². The molecule has 6 atom stereocenters. The van der Waals surface area contributed by atoms with Gasteiger partial charge in [-0.15, -0.1) is 11.8 Å². The van der Waals surface area contributed by atoms with E-state index in [0.717, 1.165) is 31.4 Å². The Bertz CT molecular complexity index is 1190. The summed E-state index contributed by atoms with van der Waals surface area (Å²) in [5.74, 6) is 0.273. The zero-order valence-electron chi connectivity index (χ0n) is 25.3. The van der Waals surface area contributed by atoms with Crippen molar-refractivity contribution in [1.29, 1.82) is 0 Å². The van der Waals surface area contributed by atoms with Crippen molar-refractivity contribution in [2.24, 2.45) is 22.7 Å². The number of carbonyl (C=O) groups is 2. The Morgan fingerprint density at radius 1 is 1.15 bits per heavy atom. The minimum Gasteiger partial charge on any atom is -0.458 e. The van der Waals surface area contributed by atoms with Crippen LogP contribution in [0.25, 0.3) is 0 Å². The number of hydrogen-bond donors (Lipinski definition) is 0. The molecule has 0 unspecified atom stereocenters. The molecule has 4 fully saturated rings. The van der Waals surface area contributed by atoms with Crippen LogP contribution in [0.1, 0.15) is 78.2 Å². The summed E-state index contributed by atoms with van der Waals surface area (Å²) in [5, 5.41) is 0. The molecule has 2 aliphatic heterocycles. The fraction of sp³-hybridized carbons (Fsp3) is 0.647. The number of esters is 2. The summed E-state index contributed by atoms with van der Waals surface area (Å²) in [4.78, 5) is 26.5. The Labute approximate surface area is 249 Å². The lowest BCUT2D eigenvalue weighted by Gasteiger charge is -2.63. The van der Waals surface area contributed by atoms with Gasteiger partial charge >= 0.3 is 11.9 Å². The molecule has 0 N–H and O–H groups in total. The third-order valence-corrected chi connectivity index (χ3v) is 11.2. The Balaban J connectivity index is 1.20. The lowest BCUT2D eigenvalue weighted by Crippen LogP contribution is -2.62. The number of ether oxygens (including phenoxy) is 4. The second-order valence-electron chi connectivity index (χ2n) is 13.4. The van der Waals surface area contributed by atoms with Gasteiger partial charge in [-0.1, -0.05) is 49.8 Å². The smallest absolute Gasteiger partial charge is 0.337 e. The van der Waals surface area contributed by atoms with Gasteiger partial charge in [0.15, 0.2) is 11.9 Å². The second kappa shape index (κ2) is 11.9. The van der Waals surface area contributed by atoms with Crippen LogP contribution in [0.5, 0.6) is 0 Å². The molecule has 6 nitrogen and oxygen atoms in total. The summed E-state index contributed by atoms with van der Waals surface area (Å²) in [6.07, 6.45) is 7.29. The number of rotatable bonds is 8. The molecule has 0 spiro atoms. The molecule has 224 valence electrons. The topological polar surface area (TPSA) is 71.1 Å². The molecule has 2 aliphatic carbocycles. The molecule has 0 bridgehead atoms. The predicted molar refractivity (Wildman–Crippen MR) is 160 cm³/mol. The van der Waals surface area contributed by atoms with Crippen molar-refractivity contribution in [3.05, 3.63) is 53.6 Å². The van der Waals surface area contributed by atoms with E-state index in [1.807, 2.05) is 19.9 Å². The Hall–Kier alpha value is -2.09. The first-order chi connectivity index (χ1) is 19.4. The van der Waals surface area contributed by atoms with Crippen LogP contribution in [-0.4, -0.2) is 48.9 Å². The van der Waals surface area contributed by atoms with Gasteiger partial charge in [0.2, 0.25) is 0 Å². The summed E-state index contributed by atoms with van der Waals surface area (Å²) in [6.45, 7) is 16.1. The van der Waals surface area contributed by atoms with E-state index >= 15 is 0 Å². The SMILES string of the molecule is C=C1CC[C@@H]2[C@]3(C)COC(C)(C)O[C@@H]3CC[C@@]2(C)[C@@H]1C/C=C1/C(=O)OC[C@H]1OC(=O)CCCSc1ccc(C)cc1. The summed E-state index contributed by atoms with van der Waals surface area (Å²) in [6, 6.07) is 8.39. The van der Waals surface area contributed by atoms with Gasteiger partial charge in [0.1, 0.15) is 6.61 Å². The van der Waals surface area contributed by atoms with Gasteiger partial charge in [-0.3, -0.25) is 4.79 Å². The molecule has 5 rings (SSSR count). The van der Waals surface area contributed by atoms with Crippen molar-refractivity contribution >= 4 is 23.7 Å². The molecule has 1 aromatic carbocycles. The predicted octanol–water partition coefficient (Wildman–Crippen LogP) is 7.19. The Kier molecular flexibility index (Phi) is 8.81. The second-order valence-corrected chi connectivity index (χ2v) is 14.6. The van der Waals surface area contributed by atoms with Gasteiger partial charge in [0.05, 0.1) is 18.3 Å². The van der Waals surface area contributed by atoms with Gasteiger partial charge in [0, 0.05) is 16.7 Å². The minimum atomic E-state index is -0.643. The molecule has 41 heavy (non-hydrogen) atoms. The van der Waals surface area contributed by atoms with E-state index in [2.05, 4.69) is 51.6 Å². The molecule has 7 heteroatoms. The molecule has 2 heterocycles. The zero-order valence-corrected chi connectivity index (χ0v) is 26.1. The molecule has 4 aliphatic rings. The fourth-order valence-corrected chi connectivity index (χ4v) is 8.62. The molecule has 1 aromatic rings. The number of cyclic esters (lactones) is 1. The average Bonchev–Trinajstić information content (AvgIpc) is 3.26. The van der Waals surface area contributed by atoms with E-state index in [-0.39, 0.29) is 41.4 Å². The van der Waals surface area contributed by atoms with Crippen molar-refractivity contribution < 1.29 is 28.5 Å². The highest BCUT2D eigenvalue weighted by atomic mass is 32.2. The molecule has 0 aromatic heterocycles. The number of aryl methyl sites for hydroxylation is 1. The van der Waals surface area contributed by atoms with Gasteiger partial charge < -0.3 is 18.9 Å². The highest BCUT2D eigenvalue weighted by molar-refractivity contribution is 7.99.